The molecule has 180 valence electrons. The average Bonchev–Trinajstić information content (AvgIpc) is 2.87. The van der Waals surface area contributed by atoms with Gasteiger partial charge in [0.1, 0.15) is 0 Å². The van der Waals surface area contributed by atoms with Crippen molar-refractivity contribution in [2.24, 2.45) is 5.73 Å². The van der Waals surface area contributed by atoms with E-state index in [1.165, 1.54) is 0 Å². The van der Waals surface area contributed by atoms with Gasteiger partial charge in [-0.05, 0) is 58.1 Å². The third kappa shape index (κ3) is 4.35. The monoisotopic (exact) mass is 505 g/mol. The van der Waals surface area contributed by atoms with E-state index in [0.717, 1.165) is 89.4 Å². The van der Waals surface area contributed by atoms with Crippen LogP contribution in [0.3, 0.4) is 0 Å². The molecule has 1 amide bonds. The summed E-state index contributed by atoms with van der Waals surface area (Å²) in [6.07, 6.45) is 2.78. The van der Waals surface area contributed by atoms with Crippen molar-refractivity contribution in [1.29, 1.82) is 0 Å². The van der Waals surface area contributed by atoms with Crippen molar-refractivity contribution < 1.29 is 4.79 Å². The third-order valence-electron chi connectivity index (χ3n) is 6.94. The van der Waals surface area contributed by atoms with Crippen molar-refractivity contribution >= 4 is 56.3 Å². The molecule has 4 aromatic carbocycles. The van der Waals surface area contributed by atoms with Crippen molar-refractivity contribution in [3.8, 4) is 11.1 Å². The van der Waals surface area contributed by atoms with E-state index >= 15 is 0 Å². The molecular weight excluding hydrogens is 477 g/mol. The van der Waals surface area contributed by atoms with Crippen LogP contribution in [0.5, 0.6) is 0 Å². The van der Waals surface area contributed by atoms with Crippen LogP contribution in [0.2, 0.25) is 10.0 Å². The second-order valence-corrected chi connectivity index (χ2v) is 9.91. The summed E-state index contributed by atoms with van der Waals surface area (Å²) in [7, 11) is 0. The van der Waals surface area contributed by atoms with Crippen molar-refractivity contribution in [3.05, 3.63) is 75.8 Å². The van der Waals surface area contributed by atoms with Crippen molar-refractivity contribution in [2.45, 2.75) is 26.2 Å². The molecule has 4 nitrogen and oxygen atoms in total. The molecule has 0 radical (unpaired) electrons. The molecule has 1 heterocycles. The lowest BCUT2D eigenvalue weighted by molar-refractivity contribution is 0.1000. The van der Waals surface area contributed by atoms with E-state index in [9.17, 15) is 4.79 Å². The second-order valence-electron chi connectivity index (χ2n) is 9.13. The van der Waals surface area contributed by atoms with E-state index in [4.69, 9.17) is 28.9 Å². The van der Waals surface area contributed by atoms with Gasteiger partial charge in [0.2, 0.25) is 0 Å². The van der Waals surface area contributed by atoms with Crippen LogP contribution in [-0.2, 0) is 6.42 Å². The summed E-state index contributed by atoms with van der Waals surface area (Å²) in [5.41, 5.74) is 10.4. The first-order chi connectivity index (χ1) is 17.0. The van der Waals surface area contributed by atoms with Crippen molar-refractivity contribution in [1.82, 2.24) is 5.32 Å². The number of nitrogens with one attached hydrogen (secondary N) is 1. The first-order valence-electron chi connectivity index (χ1n) is 12.2. The summed E-state index contributed by atoms with van der Waals surface area (Å²) in [6, 6.07) is 18.4. The zero-order chi connectivity index (χ0) is 24.5. The van der Waals surface area contributed by atoms with Gasteiger partial charge in [0.25, 0.3) is 5.91 Å². The molecule has 1 fully saturated rings. The number of carbonyl (C=O) groups excluding carboxylic acids is 1. The first kappa shape index (κ1) is 23.9. The molecule has 0 aromatic heterocycles. The van der Waals surface area contributed by atoms with Crippen LogP contribution < -0.4 is 16.0 Å². The third-order valence-corrected chi connectivity index (χ3v) is 7.76. The molecule has 5 rings (SSSR count). The van der Waals surface area contributed by atoms with Gasteiger partial charge in [-0.15, -0.1) is 0 Å². The molecular formula is C29H29Cl2N3O. The predicted molar refractivity (Wildman–Crippen MR) is 149 cm³/mol. The number of hydrogen-bond donors (Lipinski definition) is 2. The lowest BCUT2D eigenvalue weighted by Crippen LogP contribution is -2.44. The largest absolute Gasteiger partial charge is 0.368 e. The van der Waals surface area contributed by atoms with E-state index in [0.29, 0.717) is 15.6 Å². The van der Waals surface area contributed by atoms with Crippen LogP contribution in [0.25, 0.3) is 32.7 Å². The summed E-state index contributed by atoms with van der Waals surface area (Å²) in [5, 5.41) is 8.77. The molecule has 0 aliphatic carbocycles. The van der Waals surface area contributed by atoms with Gasteiger partial charge in [-0.25, -0.2) is 0 Å². The highest BCUT2D eigenvalue weighted by Crippen LogP contribution is 2.47. The van der Waals surface area contributed by atoms with Crippen LogP contribution in [-0.4, -0.2) is 32.1 Å². The number of hydrogen-bond acceptors (Lipinski definition) is 3. The smallest absolute Gasteiger partial charge is 0.251 e. The van der Waals surface area contributed by atoms with Crippen LogP contribution >= 0.6 is 23.2 Å². The molecule has 0 spiro atoms. The second kappa shape index (κ2) is 10.1. The molecule has 6 heteroatoms. The standard InChI is InChI=1S/C29H29Cl2N3O/c1-2-3-9-20-22-16-18-7-4-5-8-19(18)17-23(22)25(21-10-6-11-24(30)27(21)31)28(26(20)29(32)35)34-14-12-33-13-15-34/h4-8,10-11,16-17,33H,2-3,9,12-15H2,1H3,(H2,32,35). The summed E-state index contributed by atoms with van der Waals surface area (Å²) in [4.78, 5) is 15.5. The maximum Gasteiger partial charge on any atom is 0.251 e. The SMILES string of the molecule is CCCCc1c(C(N)=O)c(N2CCNCC2)c(-c2cccc(Cl)c2Cl)c2cc3ccccc3cc12. The van der Waals surface area contributed by atoms with Crippen LogP contribution in [0.15, 0.2) is 54.6 Å². The number of nitrogens with zero attached hydrogens (tertiary/aromatic N) is 1. The number of unbranched alkanes of at least 4 members (excludes halogenated alkanes) is 1. The average molecular weight is 506 g/mol. The summed E-state index contributed by atoms with van der Waals surface area (Å²) >= 11 is 13.3. The van der Waals surface area contributed by atoms with Crippen LogP contribution in [0.1, 0.15) is 35.7 Å². The molecule has 4 aromatic rings. The van der Waals surface area contributed by atoms with Gasteiger partial charge in [0, 0.05) is 37.3 Å². The fourth-order valence-electron chi connectivity index (χ4n) is 5.28. The number of anilines is 1. The lowest BCUT2D eigenvalue weighted by Gasteiger charge is -2.34. The number of aryl methyl sites for hydroxylation is 1. The van der Waals surface area contributed by atoms with Gasteiger partial charge in [0.05, 0.1) is 21.3 Å². The Balaban J connectivity index is 2.00. The van der Waals surface area contributed by atoms with Gasteiger partial charge in [0.15, 0.2) is 0 Å². The topological polar surface area (TPSA) is 58.4 Å². The molecule has 1 saturated heterocycles. The Morgan fingerprint density at radius 3 is 2.34 bits per heavy atom. The minimum atomic E-state index is -0.404. The number of primary amides is 1. The number of nitrogens with two attached hydrogens (primary N) is 1. The molecule has 3 N–H and O–H groups in total. The van der Waals surface area contributed by atoms with Gasteiger partial charge in [-0.1, -0.05) is 72.9 Å². The number of piperazine rings is 1. The minimum absolute atomic E-state index is 0.404. The van der Waals surface area contributed by atoms with Crippen molar-refractivity contribution in [3.63, 3.8) is 0 Å². The normalized spacial score (nSPS) is 14.1. The Kier molecular flexibility index (Phi) is 6.88. The van der Waals surface area contributed by atoms with Crippen LogP contribution in [0, 0.1) is 0 Å². The molecule has 1 aliphatic heterocycles. The van der Waals surface area contributed by atoms with Gasteiger partial charge < -0.3 is 16.0 Å². The zero-order valence-corrected chi connectivity index (χ0v) is 21.3. The number of rotatable bonds is 6. The van der Waals surface area contributed by atoms with Crippen molar-refractivity contribution in [2.75, 3.05) is 31.1 Å². The maximum atomic E-state index is 13.2. The minimum Gasteiger partial charge on any atom is -0.368 e. The summed E-state index contributed by atoms with van der Waals surface area (Å²) < 4.78 is 0. The van der Waals surface area contributed by atoms with E-state index < -0.39 is 5.91 Å². The van der Waals surface area contributed by atoms with E-state index in [1.807, 2.05) is 24.3 Å². The summed E-state index contributed by atoms with van der Waals surface area (Å²) in [5.74, 6) is -0.404. The number of halogens is 2. The van der Waals surface area contributed by atoms with Gasteiger partial charge in [-0.3, -0.25) is 4.79 Å². The van der Waals surface area contributed by atoms with Gasteiger partial charge >= 0.3 is 0 Å². The number of amides is 1. The fraction of sp³-hybridized carbons (Fsp3) is 0.276. The van der Waals surface area contributed by atoms with Gasteiger partial charge in [-0.2, -0.15) is 0 Å². The maximum absolute atomic E-state index is 13.2. The number of carbonyl (C=O) groups is 1. The number of benzene rings is 4. The Morgan fingerprint density at radius 1 is 1.00 bits per heavy atom. The molecule has 0 unspecified atom stereocenters. The van der Waals surface area contributed by atoms with E-state index in [-0.39, 0.29) is 0 Å². The molecule has 35 heavy (non-hydrogen) atoms. The van der Waals surface area contributed by atoms with E-state index in [2.05, 4.69) is 41.4 Å². The fourth-order valence-corrected chi connectivity index (χ4v) is 5.67. The van der Waals surface area contributed by atoms with E-state index in [1.54, 1.807) is 6.07 Å². The lowest BCUT2D eigenvalue weighted by atomic mass is 9.85. The molecule has 0 saturated carbocycles. The Hall–Kier alpha value is -2.79. The number of fused-ring (bicyclic) bond motifs is 2. The highest BCUT2D eigenvalue weighted by molar-refractivity contribution is 6.44. The highest BCUT2D eigenvalue weighted by Gasteiger charge is 2.29. The highest BCUT2D eigenvalue weighted by atomic mass is 35.5. The Morgan fingerprint density at radius 2 is 1.69 bits per heavy atom. The molecule has 0 bridgehead atoms. The zero-order valence-electron chi connectivity index (χ0n) is 19.8. The quantitative estimate of drug-likeness (QED) is 0.282. The Labute approximate surface area is 216 Å². The summed E-state index contributed by atoms with van der Waals surface area (Å²) in [6.45, 7) is 5.39. The predicted octanol–water partition coefficient (Wildman–Crippen LogP) is 6.82. The first-order valence-corrected chi connectivity index (χ1v) is 13.0. The van der Waals surface area contributed by atoms with Crippen LogP contribution in [0.4, 0.5) is 5.69 Å². The molecule has 1 aliphatic rings. The molecule has 0 atom stereocenters. The Bertz CT molecular complexity index is 1430.